The van der Waals surface area contributed by atoms with Crippen molar-refractivity contribution in [3.8, 4) is 5.75 Å². The number of aromatic hydroxyl groups is 1. The average Bonchev–Trinajstić information content (AvgIpc) is 2.32. The summed E-state index contributed by atoms with van der Waals surface area (Å²) >= 11 is 0. The van der Waals surface area contributed by atoms with Crippen molar-refractivity contribution in [3.05, 3.63) is 41.0 Å². The lowest BCUT2D eigenvalue weighted by molar-refractivity contribution is -0.00105. The van der Waals surface area contributed by atoms with Gasteiger partial charge in [-0.05, 0) is 60.4 Å². The zero-order valence-electron chi connectivity index (χ0n) is 10.9. The summed E-state index contributed by atoms with van der Waals surface area (Å²) in [7, 11) is 0. The summed E-state index contributed by atoms with van der Waals surface area (Å²) in [5.74, 6) is 0.242. The molecule has 0 aliphatic carbocycles. The molecule has 0 amide bonds. The number of hydrogen-bond acceptors (Lipinski definition) is 3. The van der Waals surface area contributed by atoms with Gasteiger partial charge >= 0.3 is 0 Å². The van der Waals surface area contributed by atoms with Crippen molar-refractivity contribution in [1.82, 2.24) is 0 Å². The third-order valence-corrected chi connectivity index (χ3v) is 3.44. The van der Waals surface area contributed by atoms with Gasteiger partial charge in [-0.15, -0.1) is 0 Å². The molecule has 18 heavy (non-hydrogen) atoms. The van der Waals surface area contributed by atoms with E-state index in [-0.39, 0.29) is 12.4 Å². The average molecular weight is 246 g/mol. The summed E-state index contributed by atoms with van der Waals surface area (Å²) in [6.45, 7) is 5.01. The van der Waals surface area contributed by atoms with Crippen LogP contribution in [0.3, 0.4) is 0 Å². The fourth-order valence-corrected chi connectivity index (χ4v) is 2.19. The van der Waals surface area contributed by atoms with Crippen LogP contribution in [0.4, 0.5) is 0 Å². The zero-order valence-corrected chi connectivity index (χ0v) is 10.9. The van der Waals surface area contributed by atoms with Gasteiger partial charge in [0.1, 0.15) is 11.4 Å². The molecule has 0 spiro atoms. The second kappa shape index (κ2) is 4.26. The fourth-order valence-electron chi connectivity index (χ4n) is 2.19. The minimum Gasteiger partial charge on any atom is -0.508 e. The maximum Gasteiger partial charge on any atom is 0.119 e. The number of phenols is 1. The Morgan fingerprint density at radius 1 is 1.06 bits per heavy atom. The molecular weight excluding hydrogens is 228 g/mol. The topological polar surface area (TPSA) is 60.7 Å². The van der Waals surface area contributed by atoms with E-state index >= 15 is 0 Å². The first-order valence-corrected chi connectivity index (χ1v) is 5.93. The van der Waals surface area contributed by atoms with Gasteiger partial charge < -0.3 is 15.3 Å². The van der Waals surface area contributed by atoms with Crippen molar-refractivity contribution in [1.29, 1.82) is 0 Å². The Labute approximate surface area is 106 Å². The van der Waals surface area contributed by atoms with E-state index in [0.29, 0.717) is 5.56 Å². The van der Waals surface area contributed by atoms with Crippen molar-refractivity contribution < 1.29 is 15.3 Å². The lowest BCUT2D eigenvalue weighted by Gasteiger charge is -2.23. The van der Waals surface area contributed by atoms with E-state index in [4.69, 9.17) is 0 Å². The number of aryl methyl sites for hydroxylation is 2. The summed E-state index contributed by atoms with van der Waals surface area (Å²) in [4.78, 5) is 0. The third kappa shape index (κ3) is 1.96. The standard InChI is InChI=1S/C15H18O3/c1-9-4-5-13(15(3,18)8-16)12-6-10(2)14(17)7-11(9)12/h4-7,16-18H,8H2,1-3H3/t15-/m1/s1. The predicted octanol–water partition coefficient (Wildman–Crippen LogP) is 2.36. The van der Waals surface area contributed by atoms with Crippen molar-refractivity contribution in [3.63, 3.8) is 0 Å². The largest absolute Gasteiger partial charge is 0.508 e. The minimum absolute atomic E-state index is 0.242. The first-order chi connectivity index (χ1) is 8.36. The minimum atomic E-state index is -1.28. The molecule has 0 aliphatic rings. The molecular formula is C15H18O3. The molecule has 3 N–H and O–H groups in total. The Balaban J connectivity index is 2.85. The zero-order chi connectivity index (χ0) is 13.5. The van der Waals surface area contributed by atoms with Crippen LogP contribution in [0.1, 0.15) is 23.6 Å². The molecule has 1 atom stereocenters. The van der Waals surface area contributed by atoms with Crippen LogP contribution in [-0.4, -0.2) is 21.9 Å². The maximum absolute atomic E-state index is 10.2. The molecule has 0 aliphatic heterocycles. The van der Waals surface area contributed by atoms with Gasteiger partial charge in [-0.3, -0.25) is 0 Å². The first-order valence-electron chi connectivity index (χ1n) is 5.93. The van der Waals surface area contributed by atoms with Crippen LogP contribution >= 0.6 is 0 Å². The van der Waals surface area contributed by atoms with Gasteiger partial charge in [0, 0.05) is 0 Å². The molecule has 3 heteroatoms. The SMILES string of the molecule is Cc1cc2c([C@](C)(O)CO)ccc(C)c2cc1O. The summed E-state index contributed by atoms with van der Waals surface area (Å²) in [5, 5.41) is 31.1. The molecule has 2 aromatic rings. The monoisotopic (exact) mass is 246 g/mol. The van der Waals surface area contributed by atoms with Gasteiger partial charge in [-0.2, -0.15) is 0 Å². The Morgan fingerprint density at radius 2 is 1.72 bits per heavy atom. The van der Waals surface area contributed by atoms with E-state index in [9.17, 15) is 15.3 Å². The summed E-state index contributed by atoms with van der Waals surface area (Å²) < 4.78 is 0. The predicted molar refractivity (Wildman–Crippen MR) is 71.7 cm³/mol. The number of aliphatic hydroxyl groups is 2. The van der Waals surface area contributed by atoms with E-state index in [1.165, 1.54) is 0 Å². The second-order valence-corrected chi connectivity index (χ2v) is 5.05. The first kappa shape index (κ1) is 12.9. The van der Waals surface area contributed by atoms with E-state index in [0.717, 1.165) is 21.9 Å². The van der Waals surface area contributed by atoms with E-state index in [1.807, 2.05) is 32.0 Å². The quantitative estimate of drug-likeness (QED) is 0.762. The number of hydrogen-bond donors (Lipinski definition) is 3. The third-order valence-electron chi connectivity index (χ3n) is 3.44. The van der Waals surface area contributed by atoms with Gasteiger partial charge in [0.25, 0.3) is 0 Å². The Hall–Kier alpha value is -1.58. The molecule has 3 nitrogen and oxygen atoms in total. The highest BCUT2D eigenvalue weighted by Crippen LogP contribution is 2.34. The van der Waals surface area contributed by atoms with Crippen molar-refractivity contribution in [2.45, 2.75) is 26.4 Å². The van der Waals surface area contributed by atoms with Crippen LogP contribution in [0.5, 0.6) is 5.75 Å². The van der Waals surface area contributed by atoms with Crippen molar-refractivity contribution in [2.24, 2.45) is 0 Å². The maximum atomic E-state index is 10.2. The molecule has 0 radical (unpaired) electrons. The van der Waals surface area contributed by atoms with Gasteiger partial charge in [0.05, 0.1) is 6.61 Å². The Kier molecular flexibility index (Phi) is 3.05. The number of rotatable bonds is 2. The van der Waals surface area contributed by atoms with Crippen LogP contribution < -0.4 is 0 Å². The van der Waals surface area contributed by atoms with Crippen LogP contribution in [0.25, 0.3) is 10.8 Å². The van der Waals surface area contributed by atoms with Crippen LogP contribution in [0.15, 0.2) is 24.3 Å². The number of phenolic OH excluding ortho intramolecular Hbond substituents is 1. The van der Waals surface area contributed by atoms with Crippen LogP contribution in [-0.2, 0) is 5.60 Å². The molecule has 0 bridgehead atoms. The highest BCUT2D eigenvalue weighted by molar-refractivity contribution is 5.91. The number of fused-ring (bicyclic) bond motifs is 1. The second-order valence-electron chi connectivity index (χ2n) is 5.05. The molecule has 0 saturated heterocycles. The molecule has 0 aromatic heterocycles. The van der Waals surface area contributed by atoms with Crippen LogP contribution in [0, 0.1) is 13.8 Å². The molecule has 0 unspecified atom stereocenters. The highest BCUT2D eigenvalue weighted by atomic mass is 16.3. The van der Waals surface area contributed by atoms with Gasteiger partial charge in [0.15, 0.2) is 0 Å². The van der Waals surface area contributed by atoms with Crippen molar-refractivity contribution >= 4 is 10.8 Å². The summed E-state index contributed by atoms with van der Waals surface area (Å²) in [6.07, 6.45) is 0. The lowest BCUT2D eigenvalue weighted by Crippen LogP contribution is -2.26. The lowest BCUT2D eigenvalue weighted by atomic mass is 9.89. The smallest absolute Gasteiger partial charge is 0.119 e. The van der Waals surface area contributed by atoms with Crippen molar-refractivity contribution in [2.75, 3.05) is 6.61 Å². The molecule has 2 aromatic carbocycles. The number of benzene rings is 2. The van der Waals surface area contributed by atoms with E-state index < -0.39 is 5.60 Å². The van der Waals surface area contributed by atoms with E-state index in [2.05, 4.69) is 0 Å². The molecule has 0 heterocycles. The van der Waals surface area contributed by atoms with Crippen LogP contribution in [0.2, 0.25) is 0 Å². The van der Waals surface area contributed by atoms with Gasteiger partial charge in [0.2, 0.25) is 0 Å². The Morgan fingerprint density at radius 3 is 2.33 bits per heavy atom. The van der Waals surface area contributed by atoms with Gasteiger partial charge in [-0.1, -0.05) is 12.1 Å². The highest BCUT2D eigenvalue weighted by Gasteiger charge is 2.24. The fraction of sp³-hybridized carbons (Fsp3) is 0.333. The van der Waals surface area contributed by atoms with E-state index in [1.54, 1.807) is 13.0 Å². The Bertz CT molecular complexity index is 600. The summed E-state index contributed by atoms with van der Waals surface area (Å²) in [6, 6.07) is 7.26. The normalized spacial score (nSPS) is 14.7. The number of aliphatic hydroxyl groups excluding tert-OH is 1. The summed E-state index contributed by atoms with van der Waals surface area (Å²) in [5.41, 5.74) is 1.17. The molecule has 96 valence electrons. The molecule has 0 saturated carbocycles. The molecule has 2 rings (SSSR count). The molecule has 0 fully saturated rings. The van der Waals surface area contributed by atoms with Gasteiger partial charge in [-0.25, -0.2) is 0 Å².